The fourth-order valence-electron chi connectivity index (χ4n) is 14.6. The van der Waals surface area contributed by atoms with Crippen molar-refractivity contribution >= 4 is 82.5 Å². The van der Waals surface area contributed by atoms with Gasteiger partial charge in [0.2, 0.25) is 70.9 Å². The maximum absolute atomic E-state index is 15.3. The first kappa shape index (κ1) is 83.4. The van der Waals surface area contributed by atoms with Crippen molar-refractivity contribution in [3.8, 4) is 6.07 Å². The molecule has 0 spiro atoms. The van der Waals surface area contributed by atoms with Gasteiger partial charge in [-0.3, -0.25) is 57.5 Å². The van der Waals surface area contributed by atoms with Crippen LogP contribution in [-0.2, 0) is 70.1 Å². The van der Waals surface area contributed by atoms with E-state index < -0.39 is 156 Å². The van der Waals surface area contributed by atoms with Gasteiger partial charge in [-0.2, -0.15) is 13.2 Å². The van der Waals surface area contributed by atoms with Gasteiger partial charge in [-0.15, -0.1) is 0 Å². The van der Waals surface area contributed by atoms with Crippen molar-refractivity contribution in [2.75, 3.05) is 102 Å². The molecule has 2 aliphatic carbocycles. The molecule has 9 atom stereocenters. The maximum Gasteiger partial charge on any atom is 0.417 e. The Kier molecular flexibility index (Phi) is 32.2. The van der Waals surface area contributed by atoms with Crippen molar-refractivity contribution in [1.82, 2.24) is 60.0 Å². The Bertz CT molecular complexity index is 3190. The molecule has 1 aromatic rings. The van der Waals surface area contributed by atoms with E-state index in [0.29, 0.717) is 70.1 Å². The van der Waals surface area contributed by atoms with E-state index >= 15 is 9.59 Å². The standard InChI is InChI=1S/C73H111ClF3N13O12/c1-12-47(2)64-71(101)84(6)45-62(94)82(4)46-63(95)86(8)57(40-49-25-16-13-17-26-49)69(99)83(5)44-59(91)80-55(34-32-50-31-33-53(54(74)39-50)73(75,76)77)68(98)87(9)56(41-51-27-24-35-78-43-51)67(97)79-36-21-20-30-60(92)89(11)65(52-28-18-14-19-29-52)72(102)88(10)58(70(100)90-37-22-15-23-38-90)42-61(93)85(7)48(3)66(96)81-64/h31,33,39,47-49,51-52,55-58,64-65H,12-30,32,34,36-38,40-46H2,1-11H3,(H2-,79,80,81,91,96,97)/p+1/t47-,48-,51?,55-,56-,57-,58-,64-,65-/m0/s1. The lowest BCUT2D eigenvalue weighted by molar-refractivity contribution is -0.155. The fraction of sp³-hybridized carbons (Fsp3) is 0.740. The number of hydrogen-bond acceptors (Lipinski definition) is 12. The molecule has 4 fully saturated rings. The Morgan fingerprint density at radius 2 is 1.25 bits per heavy atom. The maximum atomic E-state index is 15.3. The summed E-state index contributed by atoms with van der Waals surface area (Å²) in [6.07, 6.45) is 7.26. The van der Waals surface area contributed by atoms with Crippen LogP contribution in [0.3, 0.4) is 0 Å². The number of piperidine rings is 1. The normalized spacial score (nSPS) is 26.5. The number of nitrogens with one attached hydrogen (secondary N) is 3. The number of aryl methyl sites for hydroxylation is 1. The number of benzene rings is 1. The summed E-state index contributed by atoms with van der Waals surface area (Å²) < 4.78 is 41.6. The van der Waals surface area contributed by atoms with Crippen LogP contribution in [0.15, 0.2) is 18.2 Å². The molecule has 3 N–H and O–H groups in total. The van der Waals surface area contributed by atoms with E-state index in [1.807, 2.05) is 6.92 Å². The minimum atomic E-state index is -4.75. The highest BCUT2D eigenvalue weighted by Crippen LogP contribution is 2.36. The topological polar surface area (TPSA) is 274 Å². The highest BCUT2D eigenvalue weighted by molar-refractivity contribution is 6.31. The van der Waals surface area contributed by atoms with Crippen molar-refractivity contribution in [2.45, 2.75) is 223 Å². The van der Waals surface area contributed by atoms with Crippen molar-refractivity contribution in [1.29, 1.82) is 0 Å². The zero-order chi connectivity index (χ0) is 75.3. The Hall–Kier alpha value is -7.57. The third-order valence-corrected chi connectivity index (χ3v) is 22.1. The smallest absolute Gasteiger partial charge is 0.354 e. The molecule has 0 bridgehead atoms. The molecule has 568 valence electrons. The minimum Gasteiger partial charge on any atom is -0.354 e. The molecule has 102 heavy (non-hydrogen) atoms. The van der Waals surface area contributed by atoms with Crippen LogP contribution >= 0.6 is 11.6 Å². The van der Waals surface area contributed by atoms with Gasteiger partial charge in [0.25, 0.3) is 12.6 Å². The first-order chi connectivity index (χ1) is 48.2. The monoisotopic (exact) mass is 1450 g/mol. The molecular weight excluding hydrogens is 1340 g/mol. The molecule has 12 amide bonds. The number of likely N-dealkylation sites (tertiary alicyclic amines) is 1. The molecule has 2 saturated heterocycles. The van der Waals surface area contributed by atoms with Gasteiger partial charge in [0.1, 0.15) is 42.3 Å². The molecule has 6 rings (SSSR count). The summed E-state index contributed by atoms with van der Waals surface area (Å²) in [6, 6.07) is -2.33. The van der Waals surface area contributed by atoms with Gasteiger partial charge >= 0.3 is 6.18 Å². The summed E-state index contributed by atoms with van der Waals surface area (Å²) in [5.41, 5.74) is -0.761. The van der Waals surface area contributed by atoms with Crippen LogP contribution in [0.25, 0.3) is 4.85 Å². The van der Waals surface area contributed by atoms with Crippen LogP contribution in [0.5, 0.6) is 0 Å². The van der Waals surface area contributed by atoms with Crippen LogP contribution in [0.1, 0.15) is 180 Å². The molecule has 5 aliphatic rings. The summed E-state index contributed by atoms with van der Waals surface area (Å²) in [5, 5.41) is 7.94. The second-order valence-electron chi connectivity index (χ2n) is 29.2. The van der Waals surface area contributed by atoms with Gasteiger partial charge in [0.05, 0.1) is 43.1 Å². The lowest BCUT2D eigenvalue weighted by Gasteiger charge is -2.41. The van der Waals surface area contributed by atoms with E-state index in [-0.39, 0.29) is 75.2 Å². The van der Waals surface area contributed by atoms with Crippen molar-refractivity contribution in [3.63, 3.8) is 0 Å². The lowest BCUT2D eigenvalue weighted by atomic mass is 9.82. The molecule has 0 radical (unpaired) electrons. The Morgan fingerprint density at radius 1 is 0.627 bits per heavy atom. The van der Waals surface area contributed by atoms with Crippen LogP contribution in [0.4, 0.5) is 13.2 Å². The van der Waals surface area contributed by atoms with E-state index in [2.05, 4.69) is 26.9 Å². The van der Waals surface area contributed by atoms with E-state index in [1.165, 1.54) is 86.8 Å². The summed E-state index contributed by atoms with van der Waals surface area (Å²) in [4.78, 5) is 191. The SMILES string of the molecule is CC[C@H](C)[C@@H]1NC(=O)[C@H](C)N(C)C(=O)C[C@@H](C(=O)N2CCCCC2)N(C)C(=O)[C@H](C2CCCCC2)N(C)C(=O)CCCCNC(=O)[C@H](CC2CCC#[N+]C2)N(C)C(=O)[C@H](CCc2ccc(C(F)(F)F)c(Cl)c2)NC(=O)CN(C)C(=O)[C@H](CC2CCCCC2)N(C)C(=O)CN(C)C(=O)CN(C)C1=O. The zero-order valence-electron chi connectivity index (χ0n) is 61.9. The Balaban J connectivity index is 1.35. The van der Waals surface area contributed by atoms with Gasteiger partial charge < -0.3 is 60.0 Å². The number of amides is 12. The lowest BCUT2D eigenvalue weighted by Crippen LogP contribution is -2.59. The van der Waals surface area contributed by atoms with Crippen molar-refractivity contribution in [3.05, 3.63) is 39.2 Å². The van der Waals surface area contributed by atoms with E-state index in [1.54, 1.807) is 18.9 Å². The average Bonchev–Trinajstić information content (AvgIpc) is 1.51. The molecule has 3 heterocycles. The highest BCUT2D eigenvalue weighted by atomic mass is 35.5. The first-order valence-electron chi connectivity index (χ1n) is 36.7. The van der Waals surface area contributed by atoms with Crippen molar-refractivity contribution in [2.24, 2.45) is 23.7 Å². The highest BCUT2D eigenvalue weighted by Gasteiger charge is 2.44. The summed E-state index contributed by atoms with van der Waals surface area (Å²) in [7, 11) is 11.4. The largest absolute Gasteiger partial charge is 0.417 e. The minimum absolute atomic E-state index is 0.0165. The quantitative estimate of drug-likeness (QED) is 0.223. The number of carbonyl (C=O) groups is 12. The summed E-state index contributed by atoms with van der Waals surface area (Å²) in [5.74, 6) is -8.26. The second-order valence-corrected chi connectivity index (χ2v) is 29.6. The number of nitrogens with zero attached hydrogens (tertiary/aromatic N) is 10. The fourth-order valence-corrected chi connectivity index (χ4v) is 14.9. The predicted molar refractivity (Wildman–Crippen MR) is 379 cm³/mol. The predicted octanol–water partition coefficient (Wildman–Crippen LogP) is 6.22. The second kappa shape index (κ2) is 39.3. The molecule has 1 aromatic carbocycles. The Labute approximate surface area is 605 Å². The zero-order valence-corrected chi connectivity index (χ0v) is 62.6. The molecule has 1 unspecified atom stereocenters. The molecule has 29 heteroatoms. The van der Waals surface area contributed by atoms with Crippen LogP contribution < -0.4 is 16.0 Å². The van der Waals surface area contributed by atoms with E-state index in [9.17, 15) is 61.1 Å². The first-order valence-corrected chi connectivity index (χ1v) is 37.1. The molecule has 25 nitrogen and oxygen atoms in total. The number of hydrogen-bond donors (Lipinski definition) is 3. The summed E-state index contributed by atoms with van der Waals surface area (Å²) in [6.45, 7) is 4.54. The molecule has 2 saturated carbocycles. The van der Waals surface area contributed by atoms with E-state index in [0.717, 1.165) is 84.6 Å². The van der Waals surface area contributed by atoms with Gasteiger partial charge in [-0.25, -0.2) is 0 Å². The number of carbonyl (C=O) groups excluding carboxylic acids is 12. The number of likely N-dealkylation sites (N-methyl/N-ethyl adjacent to an activating group) is 8. The van der Waals surface area contributed by atoms with E-state index in [4.69, 9.17) is 11.6 Å². The number of rotatable bonds is 11. The van der Waals surface area contributed by atoms with Crippen LogP contribution in [0.2, 0.25) is 5.02 Å². The van der Waals surface area contributed by atoms with Crippen LogP contribution in [0, 0.1) is 29.7 Å². The average molecular weight is 1460 g/mol. The van der Waals surface area contributed by atoms with Gasteiger partial charge in [0.15, 0.2) is 0 Å². The molecule has 3 aliphatic heterocycles. The third-order valence-electron chi connectivity index (χ3n) is 21.8. The van der Waals surface area contributed by atoms with Gasteiger partial charge in [0, 0.05) is 88.4 Å². The van der Waals surface area contributed by atoms with Crippen molar-refractivity contribution < 1.29 is 70.7 Å². The van der Waals surface area contributed by atoms with Crippen LogP contribution in [-0.4, -0.2) is 259 Å². The summed E-state index contributed by atoms with van der Waals surface area (Å²) >= 11 is 6.15. The Morgan fingerprint density at radius 3 is 1.86 bits per heavy atom. The van der Waals surface area contributed by atoms with Gasteiger partial charge in [-0.1, -0.05) is 94.1 Å². The van der Waals surface area contributed by atoms with Gasteiger partial charge in [-0.05, 0) is 119 Å². The number of halogens is 4. The third kappa shape index (κ3) is 23.2. The number of alkyl halides is 3. The molecular formula is C73H112ClF3N13O12+. The molecule has 0 aromatic heterocycles.